The van der Waals surface area contributed by atoms with Gasteiger partial charge in [-0.3, -0.25) is 4.79 Å². The van der Waals surface area contributed by atoms with Gasteiger partial charge in [-0.05, 0) is 56.3 Å². The van der Waals surface area contributed by atoms with Crippen LogP contribution in [0.5, 0.6) is 0 Å². The summed E-state index contributed by atoms with van der Waals surface area (Å²) in [5, 5.41) is 6.43. The summed E-state index contributed by atoms with van der Waals surface area (Å²) < 4.78 is 27.1. The molecule has 8 heteroatoms. The van der Waals surface area contributed by atoms with E-state index in [-0.39, 0.29) is 36.2 Å². The molecule has 3 rings (SSSR count). The van der Waals surface area contributed by atoms with Crippen LogP contribution in [0.25, 0.3) is 0 Å². The molecule has 2 heterocycles. The van der Waals surface area contributed by atoms with E-state index in [0.29, 0.717) is 24.4 Å². The van der Waals surface area contributed by atoms with E-state index in [1.807, 2.05) is 0 Å². The summed E-state index contributed by atoms with van der Waals surface area (Å²) in [6.45, 7) is 5.58. The molecule has 1 aromatic rings. The van der Waals surface area contributed by atoms with E-state index in [2.05, 4.69) is 17.6 Å². The molecule has 0 spiro atoms. The smallest absolute Gasteiger partial charge is 0.243 e. The molecule has 2 aliphatic heterocycles. The Morgan fingerprint density at radius 3 is 2.59 bits per heavy atom. The molecule has 2 saturated heterocycles. The number of rotatable bonds is 5. The van der Waals surface area contributed by atoms with E-state index in [0.717, 1.165) is 32.4 Å². The maximum absolute atomic E-state index is 12.8. The van der Waals surface area contributed by atoms with Crippen molar-refractivity contribution in [2.45, 2.75) is 37.5 Å². The van der Waals surface area contributed by atoms with E-state index >= 15 is 0 Å². The van der Waals surface area contributed by atoms with Crippen molar-refractivity contribution in [3.8, 4) is 0 Å². The minimum absolute atomic E-state index is 0. The Morgan fingerprint density at radius 2 is 1.93 bits per heavy atom. The van der Waals surface area contributed by atoms with Crippen molar-refractivity contribution in [1.29, 1.82) is 0 Å². The van der Waals surface area contributed by atoms with Crippen LogP contribution in [-0.4, -0.2) is 51.4 Å². The van der Waals surface area contributed by atoms with Gasteiger partial charge in [-0.1, -0.05) is 25.1 Å². The van der Waals surface area contributed by atoms with E-state index < -0.39 is 10.0 Å². The molecule has 0 radical (unpaired) electrons. The van der Waals surface area contributed by atoms with Crippen molar-refractivity contribution >= 4 is 28.3 Å². The number of benzene rings is 1. The number of piperidine rings is 2. The molecule has 1 atom stereocenters. The van der Waals surface area contributed by atoms with Gasteiger partial charge >= 0.3 is 0 Å². The standard InChI is InChI=1S/C19H29N3O3S.ClH/c1-19(9-11-20-12-10-19)15-21-18(23)16-6-5-13-22(14-16)26(24,25)17-7-3-2-4-8-17;/h2-4,7-8,16,20H,5-6,9-15H2,1H3,(H,21,23);1H. The SMILES string of the molecule is CC1(CNC(=O)C2CCCN(S(=O)(=O)c3ccccc3)C2)CCNCC1.Cl. The zero-order valence-corrected chi connectivity index (χ0v) is 17.4. The summed E-state index contributed by atoms with van der Waals surface area (Å²) in [4.78, 5) is 12.9. The van der Waals surface area contributed by atoms with Gasteiger partial charge in [0.15, 0.2) is 0 Å². The fourth-order valence-electron chi connectivity index (χ4n) is 3.77. The summed E-state index contributed by atoms with van der Waals surface area (Å²) in [6.07, 6.45) is 3.55. The van der Waals surface area contributed by atoms with Crippen LogP contribution in [0.4, 0.5) is 0 Å². The molecule has 0 aliphatic carbocycles. The third-order valence-electron chi connectivity index (χ3n) is 5.64. The van der Waals surface area contributed by atoms with Crippen LogP contribution < -0.4 is 10.6 Å². The van der Waals surface area contributed by atoms with Gasteiger partial charge in [-0.25, -0.2) is 8.42 Å². The van der Waals surface area contributed by atoms with E-state index in [1.54, 1.807) is 30.3 Å². The predicted octanol–water partition coefficient (Wildman–Crippen LogP) is 2.01. The van der Waals surface area contributed by atoms with Crippen LogP contribution >= 0.6 is 12.4 Å². The Balaban J connectivity index is 0.00000261. The van der Waals surface area contributed by atoms with E-state index in [4.69, 9.17) is 0 Å². The Kier molecular flexibility index (Phi) is 7.68. The number of hydrogen-bond acceptors (Lipinski definition) is 4. The summed E-state index contributed by atoms with van der Waals surface area (Å²) in [6, 6.07) is 8.46. The lowest BCUT2D eigenvalue weighted by Gasteiger charge is -2.35. The first kappa shape index (κ1) is 22.1. The molecule has 152 valence electrons. The molecule has 27 heavy (non-hydrogen) atoms. The van der Waals surface area contributed by atoms with Crippen LogP contribution in [0.15, 0.2) is 35.2 Å². The average molecular weight is 416 g/mol. The zero-order chi connectivity index (χ0) is 18.6. The molecule has 1 aromatic carbocycles. The molecule has 0 saturated carbocycles. The summed E-state index contributed by atoms with van der Waals surface area (Å²) >= 11 is 0. The minimum atomic E-state index is -3.53. The number of nitrogens with one attached hydrogen (secondary N) is 2. The topological polar surface area (TPSA) is 78.5 Å². The lowest BCUT2D eigenvalue weighted by Crippen LogP contribution is -2.48. The highest BCUT2D eigenvalue weighted by Gasteiger charge is 2.34. The molecule has 1 amide bonds. The van der Waals surface area contributed by atoms with Crippen LogP contribution in [0, 0.1) is 11.3 Å². The van der Waals surface area contributed by atoms with Crippen molar-refractivity contribution in [2.24, 2.45) is 11.3 Å². The molecule has 0 aromatic heterocycles. The fourth-order valence-corrected chi connectivity index (χ4v) is 5.31. The van der Waals surface area contributed by atoms with E-state index in [1.165, 1.54) is 4.31 Å². The first-order valence-corrected chi connectivity index (χ1v) is 10.9. The Morgan fingerprint density at radius 1 is 1.26 bits per heavy atom. The third kappa shape index (κ3) is 5.44. The highest BCUT2D eigenvalue weighted by atomic mass is 35.5. The second-order valence-electron chi connectivity index (χ2n) is 7.79. The number of halogens is 1. The molecule has 2 aliphatic rings. The van der Waals surface area contributed by atoms with Crippen molar-refractivity contribution in [2.75, 3.05) is 32.7 Å². The van der Waals surface area contributed by atoms with Crippen molar-refractivity contribution in [3.63, 3.8) is 0 Å². The van der Waals surface area contributed by atoms with Gasteiger partial charge in [0.1, 0.15) is 0 Å². The van der Waals surface area contributed by atoms with Gasteiger partial charge in [0.05, 0.1) is 10.8 Å². The summed E-state index contributed by atoms with van der Waals surface area (Å²) in [7, 11) is -3.53. The molecular formula is C19H30ClN3O3S. The number of carbonyl (C=O) groups is 1. The number of sulfonamides is 1. The number of hydrogen-bond donors (Lipinski definition) is 2. The van der Waals surface area contributed by atoms with Crippen LogP contribution in [0.2, 0.25) is 0 Å². The maximum Gasteiger partial charge on any atom is 0.243 e. The predicted molar refractivity (Wildman–Crippen MR) is 108 cm³/mol. The Hall–Kier alpha value is -1.15. The molecule has 2 N–H and O–H groups in total. The lowest BCUT2D eigenvalue weighted by atomic mass is 9.81. The monoisotopic (exact) mass is 415 g/mol. The van der Waals surface area contributed by atoms with Gasteiger partial charge in [-0.15, -0.1) is 12.4 Å². The minimum Gasteiger partial charge on any atom is -0.355 e. The zero-order valence-electron chi connectivity index (χ0n) is 15.8. The first-order valence-electron chi connectivity index (χ1n) is 9.44. The largest absolute Gasteiger partial charge is 0.355 e. The van der Waals surface area contributed by atoms with Crippen LogP contribution in [0.3, 0.4) is 0 Å². The van der Waals surface area contributed by atoms with Crippen molar-refractivity contribution in [1.82, 2.24) is 14.9 Å². The summed E-state index contributed by atoms with van der Waals surface area (Å²) in [5.41, 5.74) is 0.130. The highest BCUT2D eigenvalue weighted by molar-refractivity contribution is 7.89. The quantitative estimate of drug-likeness (QED) is 0.771. The average Bonchev–Trinajstić information content (AvgIpc) is 2.67. The number of amides is 1. The second kappa shape index (κ2) is 9.37. The van der Waals surface area contributed by atoms with Crippen LogP contribution in [-0.2, 0) is 14.8 Å². The maximum atomic E-state index is 12.8. The number of carbonyl (C=O) groups excluding carboxylic acids is 1. The second-order valence-corrected chi connectivity index (χ2v) is 9.73. The van der Waals surface area contributed by atoms with Gasteiger partial charge < -0.3 is 10.6 Å². The van der Waals surface area contributed by atoms with Gasteiger partial charge in [0.2, 0.25) is 15.9 Å². The first-order chi connectivity index (χ1) is 12.4. The number of nitrogens with zero attached hydrogens (tertiary/aromatic N) is 1. The lowest BCUT2D eigenvalue weighted by molar-refractivity contribution is -0.126. The van der Waals surface area contributed by atoms with Gasteiger partial charge in [0, 0.05) is 19.6 Å². The third-order valence-corrected chi connectivity index (χ3v) is 7.52. The Bertz CT molecular complexity index is 721. The highest BCUT2D eigenvalue weighted by Crippen LogP contribution is 2.28. The normalized spacial score (nSPS) is 23.2. The van der Waals surface area contributed by atoms with Crippen LogP contribution in [0.1, 0.15) is 32.6 Å². The molecular weight excluding hydrogens is 386 g/mol. The Labute approximate surface area is 168 Å². The molecule has 1 unspecified atom stereocenters. The van der Waals surface area contributed by atoms with Gasteiger partial charge in [-0.2, -0.15) is 4.31 Å². The van der Waals surface area contributed by atoms with Crippen molar-refractivity contribution in [3.05, 3.63) is 30.3 Å². The fraction of sp³-hybridized carbons (Fsp3) is 0.632. The molecule has 2 fully saturated rings. The molecule has 6 nitrogen and oxygen atoms in total. The molecule has 0 bridgehead atoms. The van der Waals surface area contributed by atoms with E-state index in [9.17, 15) is 13.2 Å². The summed E-state index contributed by atoms with van der Waals surface area (Å²) in [5.74, 6) is -0.287. The van der Waals surface area contributed by atoms with Gasteiger partial charge in [0.25, 0.3) is 0 Å². The van der Waals surface area contributed by atoms with Crippen molar-refractivity contribution < 1.29 is 13.2 Å².